The molecular weight excluding hydrogens is 326 g/mol. The third-order valence-electron chi connectivity index (χ3n) is 4.52. The van der Waals surface area contributed by atoms with Gasteiger partial charge in [-0.05, 0) is 51.0 Å². The van der Waals surface area contributed by atoms with Crippen molar-refractivity contribution >= 4 is 28.6 Å². The lowest BCUT2D eigenvalue weighted by Gasteiger charge is -2.33. The van der Waals surface area contributed by atoms with Crippen LogP contribution < -0.4 is 10.6 Å². The number of fused-ring (bicyclic) bond motifs is 1. The molecule has 0 radical (unpaired) electrons. The molecule has 2 amide bonds. The summed E-state index contributed by atoms with van der Waals surface area (Å²) >= 11 is 6.03. The van der Waals surface area contributed by atoms with E-state index in [1.807, 2.05) is 36.1 Å². The number of hydrogen-bond donors (Lipinski definition) is 2. The first-order chi connectivity index (χ1) is 11.6. The molecule has 5 nitrogen and oxygen atoms in total. The molecule has 6 heteroatoms. The molecule has 130 valence electrons. The van der Waals surface area contributed by atoms with Crippen molar-refractivity contribution in [3.8, 4) is 0 Å². The molecule has 0 bridgehead atoms. The zero-order chi connectivity index (χ0) is 17.1. The van der Waals surface area contributed by atoms with Crippen molar-refractivity contribution in [1.29, 1.82) is 0 Å². The minimum Gasteiger partial charge on any atom is -0.459 e. The number of furan rings is 1. The molecule has 1 saturated heterocycles. The quantitative estimate of drug-likeness (QED) is 0.879. The zero-order valence-corrected chi connectivity index (χ0v) is 14.9. The van der Waals surface area contributed by atoms with Crippen molar-refractivity contribution in [3.63, 3.8) is 0 Å². The number of likely N-dealkylation sites (tertiary alicyclic amines) is 1. The van der Waals surface area contributed by atoms with E-state index in [9.17, 15) is 4.79 Å². The summed E-state index contributed by atoms with van der Waals surface area (Å²) in [6.45, 7) is 6.28. The first-order valence-electron chi connectivity index (χ1n) is 8.54. The van der Waals surface area contributed by atoms with Gasteiger partial charge in [0.2, 0.25) is 0 Å². The number of nitrogens with one attached hydrogen (secondary N) is 2. The van der Waals surface area contributed by atoms with Gasteiger partial charge in [-0.1, -0.05) is 11.6 Å². The fourth-order valence-corrected chi connectivity index (χ4v) is 3.38. The van der Waals surface area contributed by atoms with Gasteiger partial charge in [0.05, 0.1) is 6.04 Å². The lowest BCUT2D eigenvalue weighted by Crippen LogP contribution is -2.48. The van der Waals surface area contributed by atoms with Gasteiger partial charge < -0.3 is 20.0 Å². The molecule has 0 aliphatic carbocycles. The predicted octanol–water partition coefficient (Wildman–Crippen LogP) is 3.93. The summed E-state index contributed by atoms with van der Waals surface area (Å²) in [4.78, 5) is 13.7. The summed E-state index contributed by atoms with van der Waals surface area (Å²) in [5.74, 6) is 0.915. The van der Waals surface area contributed by atoms with Gasteiger partial charge in [-0.15, -0.1) is 0 Å². The zero-order valence-electron chi connectivity index (χ0n) is 14.1. The van der Waals surface area contributed by atoms with Crippen molar-refractivity contribution in [1.82, 2.24) is 15.5 Å². The number of benzene rings is 1. The minimum atomic E-state index is 0.0400. The molecule has 2 heterocycles. The van der Waals surface area contributed by atoms with E-state index in [0.717, 1.165) is 42.7 Å². The number of carbonyl (C=O) groups excluding carboxylic acids is 1. The Kier molecular flexibility index (Phi) is 5.31. The molecule has 2 N–H and O–H groups in total. The molecule has 2 aromatic rings. The fourth-order valence-electron chi connectivity index (χ4n) is 3.20. The van der Waals surface area contributed by atoms with Crippen LogP contribution in [0.4, 0.5) is 4.79 Å². The Morgan fingerprint density at radius 3 is 2.83 bits per heavy atom. The summed E-state index contributed by atoms with van der Waals surface area (Å²) < 4.78 is 5.92. The largest absolute Gasteiger partial charge is 0.459 e. The molecule has 0 saturated carbocycles. The van der Waals surface area contributed by atoms with E-state index in [1.165, 1.54) is 0 Å². The van der Waals surface area contributed by atoms with Crippen LogP contribution in [-0.2, 0) is 0 Å². The highest BCUT2D eigenvalue weighted by Gasteiger charge is 2.24. The molecule has 0 spiro atoms. The monoisotopic (exact) mass is 349 g/mol. The lowest BCUT2D eigenvalue weighted by atomic mass is 10.0. The highest BCUT2D eigenvalue weighted by atomic mass is 35.5. The average Bonchev–Trinajstić information content (AvgIpc) is 2.99. The van der Waals surface area contributed by atoms with Crippen LogP contribution in [0.15, 0.2) is 28.7 Å². The standard InChI is InChI=1S/C18H24ClN3O2/c1-3-20-18(23)22-8-6-15(7-9-22)21-12(2)17-11-13-10-14(19)4-5-16(13)24-17/h4-5,10-12,15,21H,3,6-9H2,1-2H3,(H,20,23). The Balaban J connectivity index is 1.57. The van der Waals surface area contributed by atoms with Crippen LogP contribution in [0.2, 0.25) is 5.02 Å². The summed E-state index contributed by atoms with van der Waals surface area (Å²) in [5, 5.41) is 8.22. The molecule has 1 aromatic heterocycles. The summed E-state index contributed by atoms with van der Waals surface area (Å²) in [6, 6.07) is 8.26. The smallest absolute Gasteiger partial charge is 0.317 e. The Labute approximate surface area is 147 Å². The Morgan fingerprint density at radius 1 is 1.38 bits per heavy atom. The van der Waals surface area contributed by atoms with Crippen LogP contribution in [0, 0.1) is 0 Å². The highest BCUT2D eigenvalue weighted by Crippen LogP contribution is 2.27. The number of urea groups is 1. The molecule has 24 heavy (non-hydrogen) atoms. The SMILES string of the molecule is CCNC(=O)N1CCC(NC(C)c2cc3cc(Cl)ccc3o2)CC1. The molecule has 1 fully saturated rings. The van der Waals surface area contributed by atoms with Crippen molar-refractivity contribution < 1.29 is 9.21 Å². The molecule has 1 atom stereocenters. The maximum Gasteiger partial charge on any atom is 0.317 e. The lowest BCUT2D eigenvalue weighted by molar-refractivity contribution is 0.174. The predicted molar refractivity (Wildman–Crippen MR) is 96.4 cm³/mol. The van der Waals surface area contributed by atoms with Gasteiger partial charge in [-0.3, -0.25) is 0 Å². The highest BCUT2D eigenvalue weighted by molar-refractivity contribution is 6.31. The average molecular weight is 350 g/mol. The van der Waals surface area contributed by atoms with Crippen molar-refractivity contribution in [2.24, 2.45) is 0 Å². The second-order valence-corrected chi connectivity index (χ2v) is 6.75. The first-order valence-corrected chi connectivity index (χ1v) is 8.92. The van der Waals surface area contributed by atoms with E-state index < -0.39 is 0 Å². The van der Waals surface area contributed by atoms with Crippen molar-refractivity contribution in [2.45, 2.75) is 38.8 Å². The van der Waals surface area contributed by atoms with E-state index in [-0.39, 0.29) is 12.1 Å². The van der Waals surface area contributed by atoms with Gasteiger partial charge in [-0.2, -0.15) is 0 Å². The molecule has 1 unspecified atom stereocenters. The molecule has 3 rings (SSSR count). The Hall–Kier alpha value is -1.72. The van der Waals surface area contributed by atoms with Crippen LogP contribution in [0.25, 0.3) is 11.0 Å². The van der Waals surface area contributed by atoms with Crippen LogP contribution in [-0.4, -0.2) is 36.6 Å². The molecule has 1 aliphatic heterocycles. The third-order valence-corrected chi connectivity index (χ3v) is 4.76. The number of hydrogen-bond acceptors (Lipinski definition) is 3. The van der Waals surface area contributed by atoms with Crippen molar-refractivity contribution in [2.75, 3.05) is 19.6 Å². The second-order valence-electron chi connectivity index (χ2n) is 6.32. The number of carbonyl (C=O) groups is 1. The van der Waals surface area contributed by atoms with Gasteiger partial charge >= 0.3 is 6.03 Å². The third kappa shape index (κ3) is 3.84. The van der Waals surface area contributed by atoms with E-state index in [4.69, 9.17) is 16.0 Å². The van der Waals surface area contributed by atoms with Gasteiger partial charge in [0.25, 0.3) is 0 Å². The van der Waals surface area contributed by atoms with Gasteiger partial charge in [-0.25, -0.2) is 4.79 Å². The van der Waals surface area contributed by atoms with E-state index in [1.54, 1.807) is 0 Å². The van der Waals surface area contributed by atoms with E-state index in [2.05, 4.69) is 17.6 Å². The second kappa shape index (κ2) is 7.45. The minimum absolute atomic E-state index is 0.0400. The maximum absolute atomic E-state index is 11.8. The normalized spacial score (nSPS) is 17.2. The van der Waals surface area contributed by atoms with Gasteiger partial charge in [0.1, 0.15) is 11.3 Å². The number of halogens is 1. The molecule has 1 aromatic carbocycles. The number of piperidine rings is 1. The van der Waals surface area contributed by atoms with Gasteiger partial charge in [0, 0.05) is 36.1 Å². The fraction of sp³-hybridized carbons (Fsp3) is 0.500. The van der Waals surface area contributed by atoms with Crippen LogP contribution in [0.1, 0.15) is 38.5 Å². The number of amides is 2. The summed E-state index contributed by atoms with van der Waals surface area (Å²) in [5.41, 5.74) is 0.856. The van der Waals surface area contributed by atoms with Gasteiger partial charge in [0.15, 0.2) is 0 Å². The maximum atomic E-state index is 11.8. The summed E-state index contributed by atoms with van der Waals surface area (Å²) in [6.07, 6.45) is 1.90. The summed E-state index contributed by atoms with van der Waals surface area (Å²) in [7, 11) is 0. The van der Waals surface area contributed by atoms with E-state index >= 15 is 0 Å². The van der Waals surface area contributed by atoms with Crippen LogP contribution in [0.5, 0.6) is 0 Å². The van der Waals surface area contributed by atoms with Crippen LogP contribution in [0.3, 0.4) is 0 Å². The first kappa shape index (κ1) is 17.1. The van der Waals surface area contributed by atoms with Crippen LogP contribution >= 0.6 is 11.6 Å². The topological polar surface area (TPSA) is 57.5 Å². The van der Waals surface area contributed by atoms with E-state index in [0.29, 0.717) is 17.6 Å². The Bertz CT molecular complexity index is 707. The molecular formula is C18H24ClN3O2. The molecule has 1 aliphatic rings. The van der Waals surface area contributed by atoms with Crippen molar-refractivity contribution in [3.05, 3.63) is 35.0 Å². The number of nitrogens with zero attached hydrogens (tertiary/aromatic N) is 1. The Morgan fingerprint density at radius 2 is 2.12 bits per heavy atom. The number of rotatable bonds is 4.